The zero-order valence-electron chi connectivity index (χ0n) is 15.3. The highest BCUT2D eigenvalue weighted by atomic mass is 19.1. The number of carbonyl (C=O) groups excluding carboxylic acids is 1. The first-order chi connectivity index (χ1) is 12.0. The van der Waals surface area contributed by atoms with Crippen molar-refractivity contribution in [1.82, 2.24) is 0 Å². The molecule has 0 aliphatic heterocycles. The van der Waals surface area contributed by atoms with Gasteiger partial charge in [-0.15, -0.1) is 0 Å². The third-order valence-corrected chi connectivity index (χ3v) is 6.96. The topological polar surface area (TPSA) is 40.1 Å². The van der Waals surface area contributed by atoms with Crippen LogP contribution >= 0.6 is 0 Å². The number of hydrogen-bond acceptors (Lipinski definition) is 2. The van der Waals surface area contributed by atoms with Gasteiger partial charge in [0, 0.05) is 5.97 Å². The second-order valence-corrected chi connectivity index (χ2v) is 8.26. The Kier molecular flexibility index (Phi) is 5.81. The Labute approximate surface area is 150 Å². The van der Waals surface area contributed by atoms with Gasteiger partial charge in [0.2, 0.25) is 0 Å². The standard InChI is InChI=1S/C22H31FO2/c1-2-3-16-4-6-18(7-5-16)22(19-8-10-20(23)11-9-19)14-12-17(13-15-22)21(24)25/h8-11,16-18H,2-7,12-15H2,1H3,(H,24,25)/p-1. The Morgan fingerprint density at radius 2 is 1.68 bits per heavy atom. The minimum Gasteiger partial charge on any atom is -0.550 e. The summed E-state index contributed by atoms with van der Waals surface area (Å²) in [4.78, 5) is 11.3. The van der Waals surface area contributed by atoms with Crippen LogP contribution < -0.4 is 5.11 Å². The van der Waals surface area contributed by atoms with Gasteiger partial charge in [-0.3, -0.25) is 0 Å². The summed E-state index contributed by atoms with van der Waals surface area (Å²) >= 11 is 0. The van der Waals surface area contributed by atoms with Crippen molar-refractivity contribution < 1.29 is 14.3 Å². The smallest absolute Gasteiger partial charge is 0.123 e. The average molecular weight is 345 g/mol. The van der Waals surface area contributed by atoms with Crippen LogP contribution in [0.3, 0.4) is 0 Å². The summed E-state index contributed by atoms with van der Waals surface area (Å²) in [6, 6.07) is 6.99. The molecule has 2 aliphatic rings. The molecule has 2 saturated carbocycles. The minimum atomic E-state index is -0.903. The summed E-state index contributed by atoms with van der Waals surface area (Å²) in [7, 11) is 0. The third-order valence-electron chi connectivity index (χ3n) is 6.96. The molecule has 0 radical (unpaired) electrons. The highest BCUT2D eigenvalue weighted by Gasteiger charge is 2.44. The summed E-state index contributed by atoms with van der Waals surface area (Å²) in [5.74, 6) is 0.0261. The number of benzene rings is 1. The average Bonchev–Trinajstić information content (AvgIpc) is 2.63. The molecule has 3 rings (SSSR count). The number of carboxylic acid groups (broad SMARTS) is 1. The van der Waals surface area contributed by atoms with E-state index >= 15 is 0 Å². The van der Waals surface area contributed by atoms with Gasteiger partial charge in [-0.25, -0.2) is 4.39 Å². The van der Waals surface area contributed by atoms with Crippen LogP contribution in [0.25, 0.3) is 0 Å². The van der Waals surface area contributed by atoms with Gasteiger partial charge in [0.15, 0.2) is 0 Å². The zero-order valence-corrected chi connectivity index (χ0v) is 15.3. The quantitative estimate of drug-likeness (QED) is 0.782. The van der Waals surface area contributed by atoms with Crippen molar-refractivity contribution in [2.24, 2.45) is 17.8 Å². The Bertz CT molecular complexity index is 564. The SMILES string of the molecule is CCCC1CCC(C2(c3ccc(F)cc3)CCC(C(=O)[O-])CC2)CC1. The first kappa shape index (κ1) is 18.4. The molecule has 0 unspecified atom stereocenters. The molecule has 2 fully saturated rings. The van der Waals surface area contributed by atoms with Crippen LogP contribution in [-0.4, -0.2) is 5.97 Å². The van der Waals surface area contributed by atoms with Crippen LogP contribution in [0.15, 0.2) is 24.3 Å². The van der Waals surface area contributed by atoms with E-state index in [4.69, 9.17) is 0 Å². The van der Waals surface area contributed by atoms with E-state index in [0.29, 0.717) is 18.8 Å². The lowest BCUT2D eigenvalue weighted by Gasteiger charge is -2.49. The number of halogens is 1. The molecular formula is C22H30FO2-. The fraction of sp³-hybridized carbons (Fsp3) is 0.682. The second-order valence-electron chi connectivity index (χ2n) is 8.26. The lowest BCUT2D eigenvalue weighted by Crippen LogP contribution is -2.44. The van der Waals surface area contributed by atoms with Gasteiger partial charge in [-0.05, 0) is 79.4 Å². The Hall–Kier alpha value is -1.38. The maximum Gasteiger partial charge on any atom is 0.123 e. The second kappa shape index (κ2) is 7.88. The van der Waals surface area contributed by atoms with Gasteiger partial charge >= 0.3 is 0 Å². The van der Waals surface area contributed by atoms with Crippen LogP contribution in [0.5, 0.6) is 0 Å². The molecule has 0 N–H and O–H groups in total. The molecule has 2 aliphatic carbocycles. The van der Waals surface area contributed by atoms with Crippen LogP contribution in [0, 0.1) is 23.6 Å². The van der Waals surface area contributed by atoms with E-state index in [9.17, 15) is 14.3 Å². The number of carbonyl (C=O) groups is 1. The number of rotatable bonds is 5. The lowest BCUT2D eigenvalue weighted by molar-refractivity contribution is -0.312. The molecule has 2 nitrogen and oxygen atoms in total. The fourth-order valence-corrected chi connectivity index (χ4v) is 5.50. The molecule has 1 aromatic carbocycles. The maximum absolute atomic E-state index is 13.4. The molecule has 0 amide bonds. The van der Waals surface area contributed by atoms with E-state index in [1.165, 1.54) is 44.1 Å². The van der Waals surface area contributed by atoms with Crippen molar-refractivity contribution in [3.05, 3.63) is 35.6 Å². The van der Waals surface area contributed by atoms with Gasteiger partial charge in [0.1, 0.15) is 5.82 Å². The summed E-state index contributed by atoms with van der Waals surface area (Å²) in [5.41, 5.74) is 1.24. The van der Waals surface area contributed by atoms with Gasteiger partial charge in [0.25, 0.3) is 0 Å². The van der Waals surface area contributed by atoms with E-state index in [1.54, 1.807) is 12.1 Å². The molecule has 0 atom stereocenters. The number of carboxylic acids is 1. The highest BCUT2D eigenvalue weighted by molar-refractivity contribution is 5.67. The first-order valence-corrected chi connectivity index (χ1v) is 10.0. The monoisotopic (exact) mass is 345 g/mol. The molecule has 25 heavy (non-hydrogen) atoms. The molecule has 0 aromatic heterocycles. The minimum absolute atomic E-state index is 0.0246. The predicted octanol–water partition coefficient (Wildman–Crippen LogP) is 4.61. The van der Waals surface area contributed by atoms with Crippen LogP contribution in [0.4, 0.5) is 4.39 Å². The molecule has 138 valence electrons. The fourth-order valence-electron chi connectivity index (χ4n) is 5.50. The molecule has 3 heteroatoms. The largest absolute Gasteiger partial charge is 0.550 e. The summed E-state index contributed by atoms with van der Waals surface area (Å²) < 4.78 is 13.4. The predicted molar refractivity (Wildman–Crippen MR) is 95.4 cm³/mol. The Morgan fingerprint density at radius 3 is 2.20 bits per heavy atom. The normalized spacial score (nSPS) is 33.1. The summed E-state index contributed by atoms with van der Waals surface area (Å²) in [6.45, 7) is 2.26. The van der Waals surface area contributed by atoms with Gasteiger partial charge in [-0.2, -0.15) is 0 Å². The van der Waals surface area contributed by atoms with Crippen molar-refractivity contribution in [3.63, 3.8) is 0 Å². The van der Waals surface area contributed by atoms with E-state index in [-0.39, 0.29) is 17.2 Å². The molecule has 0 bridgehead atoms. The molecule has 0 heterocycles. The van der Waals surface area contributed by atoms with Crippen LogP contribution in [0.1, 0.15) is 76.7 Å². The molecule has 1 aromatic rings. The number of aliphatic carboxylic acids is 1. The first-order valence-electron chi connectivity index (χ1n) is 10.0. The van der Waals surface area contributed by atoms with Crippen molar-refractivity contribution in [1.29, 1.82) is 0 Å². The van der Waals surface area contributed by atoms with Gasteiger partial charge < -0.3 is 9.90 Å². The van der Waals surface area contributed by atoms with E-state index in [2.05, 4.69) is 6.92 Å². The summed E-state index contributed by atoms with van der Waals surface area (Å²) in [5, 5.41) is 11.3. The highest BCUT2D eigenvalue weighted by Crippen LogP contribution is 2.52. The number of hydrogen-bond donors (Lipinski definition) is 0. The third kappa shape index (κ3) is 3.91. The van der Waals surface area contributed by atoms with Crippen molar-refractivity contribution >= 4 is 5.97 Å². The lowest BCUT2D eigenvalue weighted by atomic mass is 9.56. The van der Waals surface area contributed by atoms with Gasteiger partial charge in [-0.1, -0.05) is 44.7 Å². The van der Waals surface area contributed by atoms with Crippen molar-refractivity contribution in [2.75, 3.05) is 0 Å². The van der Waals surface area contributed by atoms with E-state index < -0.39 is 5.97 Å². The van der Waals surface area contributed by atoms with Crippen molar-refractivity contribution in [2.45, 2.75) is 76.5 Å². The van der Waals surface area contributed by atoms with E-state index in [0.717, 1.165) is 18.8 Å². The Morgan fingerprint density at radius 1 is 1.08 bits per heavy atom. The Balaban J connectivity index is 1.81. The van der Waals surface area contributed by atoms with Gasteiger partial charge in [0.05, 0.1) is 0 Å². The molecular weight excluding hydrogens is 315 g/mol. The van der Waals surface area contributed by atoms with Crippen LogP contribution in [-0.2, 0) is 10.2 Å². The maximum atomic E-state index is 13.4. The summed E-state index contributed by atoms with van der Waals surface area (Å²) in [6.07, 6.45) is 10.7. The molecule has 0 saturated heterocycles. The zero-order chi connectivity index (χ0) is 17.9. The van der Waals surface area contributed by atoms with Crippen molar-refractivity contribution in [3.8, 4) is 0 Å². The molecule has 0 spiro atoms. The van der Waals surface area contributed by atoms with Crippen LogP contribution in [0.2, 0.25) is 0 Å². The van der Waals surface area contributed by atoms with E-state index in [1.807, 2.05) is 12.1 Å².